The van der Waals surface area contributed by atoms with Gasteiger partial charge < -0.3 is 4.74 Å². The average Bonchev–Trinajstić information content (AvgIpc) is 2.75. The van der Waals surface area contributed by atoms with Crippen LogP contribution in [0.2, 0.25) is 5.02 Å². The molecule has 1 amide bonds. The van der Waals surface area contributed by atoms with Crippen molar-refractivity contribution in [3.63, 3.8) is 0 Å². The van der Waals surface area contributed by atoms with E-state index in [9.17, 15) is 4.79 Å². The monoisotopic (exact) mass is 424 g/mol. The van der Waals surface area contributed by atoms with Gasteiger partial charge in [-0.05, 0) is 55.0 Å². The molecule has 0 spiro atoms. The van der Waals surface area contributed by atoms with E-state index in [2.05, 4.69) is 10.5 Å². The Morgan fingerprint density at radius 1 is 1.07 bits per heavy atom. The topological polar surface area (TPSA) is 50.7 Å². The van der Waals surface area contributed by atoms with Gasteiger partial charge in [-0.15, -0.1) is 11.8 Å². The maximum atomic E-state index is 12.2. The molecule has 0 aliphatic rings. The van der Waals surface area contributed by atoms with Gasteiger partial charge in [0.2, 0.25) is 0 Å². The van der Waals surface area contributed by atoms with E-state index < -0.39 is 0 Å². The summed E-state index contributed by atoms with van der Waals surface area (Å²) in [5.74, 6) is 0.591. The number of amides is 1. The summed E-state index contributed by atoms with van der Waals surface area (Å²) in [7, 11) is 0. The van der Waals surface area contributed by atoms with Crippen LogP contribution in [0.4, 0.5) is 0 Å². The number of halogens is 1. The molecule has 1 atom stereocenters. The number of carbonyl (C=O) groups is 1. The minimum atomic E-state index is -0.241. The molecule has 0 saturated heterocycles. The fourth-order valence-corrected chi connectivity index (χ4v) is 3.52. The van der Waals surface area contributed by atoms with Crippen LogP contribution in [0.15, 0.2) is 88.9 Å². The van der Waals surface area contributed by atoms with Gasteiger partial charge in [-0.1, -0.05) is 48.0 Å². The molecule has 3 aromatic rings. The third-order valence-corrected chi connectivity index (χ3v) is 5.53. The van der Waals surface area contributed by atoms with Crippen molar-refractivity contribution >= 4 is 35.5 Å². The van der Waals surface area contributed by atoms with Gasteiger partial charge in [0.25, 0.3) is 5.91 Å². The number of benzene rings is 3. The fraction of sp³-hybridized carbons (Fsp3) is 0.130. The van der Waals surface area contributed by atoms with E-state index in [0.717, 1.165) is 21.8 Å². The summed E-state index contributed by atoms with van der Waals surface area (Å²) in [5.41, 5.74) is 4.38. The molecule has 148 valence electrons. The lowest BCUT2D eigenvalue weighted by Gasteiger charge is -2.09. The van der Waals surface area contributed by atoms with Crippen molar-refractivity contribution < 1.29 is 9.53 Å². The van der Waals surface area contributed by atoms with E-state index in [-0.39, 0.29) is 11.2 Å². The highest BCUT2D eigenvalue weighted by molar-refractivity contribution is 8.00. The zero-order valence-electron chi connectivity index (χ0n) is 15.9. The lowest BCUT2D eigenvalue weighted by Crippen LogP contribution is -2.26. The molecule has 1 N–H and O–H groups in total. The number of nitrogens with one attached hydrogen (secondary N) is 1. The Kier molecular flexibility index (Phi) is 7.73. The number of thioether (sulfide) groups is 1. The summed E-state index contributed by atoms with van der Waals surface area (Å²) >= 11 is 7.63. The Labute approximate surface area is 179 Å². The maximum absolute atomic E-state index is 12.2. The van der Waals surface area contributed by atoms with Gasteiger partial charge in [-0.2, -0.15) is 5.10 Å². The smallest absolute Gasteiger partial charge is 0.253 e. The first-order valence-corrected chi connectivity index (χ1v) is 10.4. The van der Waals surface area contributed by atoms with E-state index in [1.54, 1.807) is 6.21 Å². The van der Waals surface area contributed by atoms with Crippen molar-refractivity contribution in [2.75, 3.05) is 0 Å². The molecule has 0 fully saturated rings. The SMILES string of the molecule is C[C@@H](Sc1ccccc1)C(=O)N/N=C\c1ccc(OCc2ccccc2Cl)cc1. The second kappa shape index (κ2) is 10.7. The van der Waals surface area contributed by atoms with Crippen LogP contribution in [0, 0.1) is 0 Å². The third kappa shape index (κ3) is 6.66. The normalized spacial score (nSPS) is 11.9. The first-order valence-electron chi connectivity index (χ1n) is 9.13. The van der Waals surface area contributed by atoms with Gasteiger partial charge in [0.1, 0.15) is 12.4 Å². The van der Waals surface area contributed by atoms with Gasteiger partial charge >= 0.3 is 0 Å². The lowest BCUT2D eigenvalue weighted by atomic mass is 10.2. The van der Waals surface area contributed by atoms with Crippen LogP contribution in [0.3, 0.4) is 0 Å². The van der Waals surface area contributed by atoms with Crippen molar-refractivity contribution in [1.82, 2.24) is 5.43 Å². The van der Waals surface area contributed by atoms with Gasteiger partial charge in [0.05, 0.1) is 11.5 Å². The Hall–Kier alpha value is -2.76. The highest BCUT2D eigenvalue weighted by Crippen LogP contribution is 2.22. The molecule has 29 heavy (non-hydrogen) atoms. The first kappa shape index (κ1) is 21.0. The van der Waals surface area contributed by atoms with E-state index in [1.165, 1.54) is 11.8 Å². The number of hydrogen-bond acceptors (Lipinski definition) is 4. The average molecular weight is 425 g/mol. The van der Waals surface area contributed by atoms with Crippen molar-refractivity contribution in [3.8, 4) is 5.75 Å². The lowest BCUT2D eigenvalue weighted by molar-refractivity contribution is -0.120. The van der Waals surface area contributed by atoms with Crippen LogP contribution in [-0.4, -0.2) is 17.4 Å². The van der Waals surface area contributed by atoms with Gasteiger partial charge in [0, 0.05) is 15.5 Å². The van der Waals surface area contributed by atoms with Crippen LogP contribution >= 0.6 is 23.4 Å². The van der Waals surface area contributed by atoms with Crippen LogP contribution < -0.4 is 10.2 Å². The standard InChI is InChI=1S/C23H21ClN2O2S/c1-17(29-21-8-3-2-4-9-21)23(27)26-25-15-18-11-13-20(14-12-18)28-16-19-7-5-6-10-22(19)24/h2-15,17H,16H2,1H3,(H,26,27)/b25-15-/t17-/m1/s1. The predicted octanol–water partition coefficient (Wildman–Crippen LogP) is 5.55. The second-order valence-corrected chi connectivity index (χ2v) is 8.08. The van der Waals surface area contributed by atoms with E-state index in [4.69, 9.17) is 16.3 Å². The van der Waals surface area contributed by atoms with E-state index >= 15 is 0 Å². The molecular weight excluding hydrogens is 404 g/mol. The highest BCUT2D eigenvalue weighted by atomic mass is 35.5. The molecule has 0 aliphatic heterocycles. The molecule has 3 rings (SSSR count). The summed E-state index contributed by atoms with van der Waals surface area (Å²) in [5, 5.41) is 4.49. The van der Waals surface area contributed by atoms with Gasteiger partial charge in [0.15, 0.2) is 0 Å². The molecule has 0 aliphatic carbocycles. The predicted molar refractivity (Wildman–Crippen MR) is 120 cm³/mol. The summed E-state index contributed by atoms with van der Waals surface area (Å²) in [6.07, 6.45) is 1.61. The fourth-order valence-electron chi connectivity index (χ4n) is 2.44. The molecule has 4 nitrogen and oxygen atoms in total. The third-order valence-electron chi connectivity index (χ3n) is 4.05. The maximum Gasteiger partial charge on any atom is 0.253 e. The molecule has 0 heterocycles. The van der Waals surface area contributed by atoms with E-state index in [0.29, 0.717) is 11.6 Å². The first-order chi connectivity index (χ1) is 14.1. The van der Waals surface area contributed by atoms with Crippen molar-refractivity contribution in [2.24, 2.45) is 5.10 Å². The van der Waals surface area contributed by atoms with Crippen LogP contribution in [-0.2, 0) is 11.4 Å². The number of hydrogen-bond donors (Lipinski definition) is 1. The summed E-state index contributed by atoms with van der Waals surface area (Å²) in [6.45, 7) is 2.26. The molecule has 0 bridgehead atoms. The minimum Gasteiger partial charge on any atom is -0.489 e. The van der Waals surface area contributed by atoms with E-state index in [1.807, 2.05) is 85.8 Å². The van der Waals surface area contributed by atoms with Crippen molar-refractivity contribution in [3.05, 3.63) is 95.0 Å². The Balaban J connectivity index is 1.47. The van der Waals surface area contributed by atoms with Gasteiger partial charge in [-0.25, -0.2) is 5.43 Å². The minimum absolute atomic E-state index is 0.144. The Bertz CT molecular complexity index is 962. The summed E-state index contributed by atoms with van der Waals surface area (Å²) in [4.78, 5) is 13.2. The molecule has 0 saturated carbocycles. The largest absolute Gasteiger partial charge is 0.489 e. The highest BCUT2D eigenvalue weighted by Gasteiger charge is 2.13. The molecule has 3 aromatic carbocycles. The molecule has 6 heteroatoms. The summed E-state index contributed by atoms with van der Waals surface area (Å²) < 4.78 is 5.76. The number of nitrogens with zero attached hydrogens (tertiary/aromatic N) is 1. The number of hydrazone groups is 1. The van der Waals surface area contributed by atoms with Gasteiger partial charge in [-0.3, -0.25) is 4.79 Å². The number of ether oxygens (including phenoxy) is 1. The van der Waals surface area contributed by atoms with Crippen molar-refractivity contribution in [1.29, 1.82) is 0 Å². The molecule has 0 radical (unpaired) electrons. The molecule has 0 aromatic heterocycles. The Morgan fingerprint density at radius 2 is 1.76 bits per heavy atom. The van der Waals surface area contributed by atoms with Crippen LogP contribution in [0.5, 0.6) is 5.75 Å². The Morgan fingerprint density at radius 3 is 2.48 bits per heavy atom. The van der Waals surface area contributed by atoms with Crippen molar-refractivity contribution in [2.45, 2.75) is 23.7 Å². The molecular formula is C23H21ClN2O2S. The van der Waals surface area contributed by atoms with Crippen LogP contribution in [0.25, 0.3) is 0 Å². The second-order valence-electron chi connectivity index (χ2n) is 6.26. The number of carbonyl (C=O) groups excluding carboxylic acids is 1. The van der Waals surface area contributed by atoms with Crippen LogP contribution in [0.1, 0.15) is 18.1 Å². The zero-order chi connectivity index (χ0) is 20.5. The zero-order valence-corrected chi connectivity index (χ0v) is 17.5. The quantitative estimate of drug-likeness (QED) is 0.293. The number of rotatable bonds is 8. The molecule has 0 unspecified atom stereocenters. The summed E-state index contributed by atoms with van der Waals surface area (Å²) in [6, 6.07) is 24.9.